The van der Waals surface area contributed by atoms with Gasteiger partial charge < -0.3 is 10.1 Å². The zero-order valence-electron chi connectivity index (χ0n) is 14.1. The van der Waals surface area contributed by atoms with Gasteiger partial charge in [-0.1, -0.05) is 18.1 Å². The molecule has 1 aromatic carbocycles. The normalized spacial score (nSPS) is 10.6. The number of terminal acetylenes is 1. The molecule has 0 spiro atoms. The van der Waals surface area contributed by atoms with Gasteiger partial charge in [-0.25, -0.2) is 4.52 Å². The van der Waals surface area contributed by atoms with Crippen LogP contribution in [0.25, 0.3) is 16.8 Å². The first-order valence-electron chi connectivity index (χ1n) is 8.01. The van der Waals surface area contributed by atoms with Gasteiger partial charge in [0.2, 0.25) is 5.95 Å². The zero-order chi connectivity index (χ0) is 17.9. The number of ether oxygens (including phenoxy) is 1. The van der Waals surface area contributed by atoms with Crippen LogP contribution in [-0.2, 0) is 7.05 Å². The van der Waals surface area contributed by atoms with Crippen LogP contribution in [0, 0.1) is 12.3 Å². The minimum atomic E-state index is 0.252. The summed E-state index contributed by atoms with van der Waals surface area (Å²) in [5.41, 5.74) is 3.59. The van der Waals surface area contributed by atoms with E-state index in [4.69, 9.17) is 11.2 Å². The van der Waals surface area contributed by atoms with Gasteiger partial charge in [-0.3, -0.25) is 4.68 Å². The van der Waals surface area contributed by atoms with Crippen LogP contribution in [-0.4, -0.2) is 31.0 Å². The highest BCUT2D eigenvalue weighted by Crippen LogP contribution is 2.26. The molecule has 3 aromatic heterocycles. The lowest BCUT2D eigenvalue weighted by molar-refractivity contribution is 0.370. The predicted molar refractivity (Wildman–Crippen MR) is 99.2 cm³/mol. The van der Waals surface area contributed by atoms with Gasteiger partial charge in [0.25, 0.3) is 0 Å². The maximum Gasteiger partial charge on any atom is 0.247 e. The van der Waals surface area contributed by atoms with E-state index < -0.39 is 0 Å². The third-order valence-electron chi connectivity index (χ3n) is 3.81. The highest BCUT2D eigenvalue weighted by atomic mass is 16.5. The van der Waals surface area contributed by atoms with Crippen molar-refractivity contribution in [3.63, 3.8) is 0 Å². The average Bonchev–Trinajstić information content (AvgIpc) is 3.25. The van der Waals surface area contributed by atoms with Gasteiger partial charge in [0.15, 0.2) is 5.65 Å². The summed E-state index contributed by atoms with van der Waals surface area (Å²) in [6.45, 7) is 0.252. The molecule has 7 nitrogen and oxygen atoms in total. The number of fused-ring (bicyclic) bond motifs is 1. The molecule has 0 saturated carbocycles. The zero-order valence-corrected chi connectivity index (χ0v) is 14.1. The monoisotopic (exact) mass is 344 g/mol. The Kier molecular flexibility index (Phi) is 4.00. The van der Waals surface area contributed by atoms with Gasteiger partial charge in [-0.15, -0.1) is 11.5 Å². The van der Waals surface area contributed by atoms with Crippen molar-refractivity contribution in [3.05, 3.63) is 55.0 Å². The van der Waals surface area contributed by atoms with Crippen molar-refractivity contribution in [2.75, 3.05) is 11.9 Å². The molecule has 0 aliphatic heterocycles. The molecule has 7 heteroatoms. The largest absolute Gasteiger partial charge is 0.481 e. The topological polar surface area (TPSA) is 69.3 Å². The van der Waals surface area contributed by atoms with E-state index in [9.17, 15) is 0 Å². The van der Waals surface area contributed by atoms with Crippen LogP contribution in [0.2, 0.25) is 0 Å². The van der Waals surface area contributed by atoms with E-state index in [-0.39, 0.29) is 6.61 Å². The molecule has 0 aliphatic rings. The number of pyridine rings is 1. The Balaban J connectivity index is 1.66. The maximum absolute atomic E-state index is 5.42. The molecule has 3 heterocycles. The van der Waals surface area contributed by atoms with Crippen molar-refractivity contribution in [3.8, 4) is 29.2 Å². The highest BCUT2D eigenvalue weighted by molar-refractivity contribution is 5.78. The van der Waals surface area contributed by atoms with Gasteiger partial charge >= 0.3 is 0 Å². The SMILES string of the molecule is C#CCOc1ccc(-c2cccn3nc(Nc4cnn(C)c4)nc23)cc1. The minimum absolute atomic E-state index is 0.252. The Hall–Kier alpha value is -3.79. The van der Waals surface area contributed by atoms with E-state index in [0.29, 0.717) is 5.95 Å². The molecule has 0 saturated heterocycles. The number of benzene rings is 1. The molecule has 0 bridgehead atoms. The van der Waals surface area contributed by atoms with Crippen LogP contribution >= 0.6 is 0 Å². The average molecular weight is 344 g/mol. The molecule has 0 atom stereocenters. The van der Waals surface area contributed by atoms with Crippen molar-refractivity contribution in [1.29, 1.82) is 0 Å². The Bertz CT molecular complexity index is 1090. The molecular formula is C19H16N6O. The Morgan fingerprint density at radius 3 is 2.81 bits per heavy atom. The molecule has 0 amide bonds. The smallest absolute Gasteiger partial charge is 0.247 e. The second-order valence-electron chi connectivity index (χ2n) is 5.67. The summed E-state index contributed by atoms with van der Waals surface area (Å²) in [5, 5.41) is 11.8. The van der Waals surface area contributed by atoms with Crippen molar-refractivity contribution < 1.29 is 4.74 Å². The van der Waals surface area contributed by atoms with Gasteiger partial charge in [0.05, 0.1) is 11.9 Å². The number of aromatic nitrogens is 5. The lowest BCUT2D eigenvalue weighted by atomic mass is 10.1. The molecule has 4 rings (SSSR count). The summed E-state index contributed by atoms with van der Waals surface area (Å²) in [6, 6.07) is 11.7. The fourth-order valence-electron chi connectivity index (χ4n) is 2.66. The van der Waals surface area contributed by atoms with Crippen LogP contribution in [0.3, 0.4) is 0 Å². The quantitative estimate of drug-likeness (QED) is 0.564. The van der Waals surface area contributed by atoms with E-state index in [0.717, 1.165) is 28.2 Å². The number of hydrogen-bond acceptors (Lipinski definition) is 5. The molecule has 0 aliphatic carbocycles. The second kappa shape index (κ2) is 6.61. The molecule has 0 unspecified atom stereocenters. The molecule has 1 N–H and O–H groups in total. The lowest BCUT2D eigenvalue weighted by Crippen LogP contribution is -1.93. The number of hydrogen-bond donors (Lipinski definition) is 1. The number of nitrogens with zero attached hydrogens (tertiary/aromatic N) is 5. The molecule has 0 radical (unpaired) electrons. The predicted octanol–water partition coefficient (Wildman–Crippen LogP) is 2.89. The summed E-state index contributed by atoms with van der Waals surface area (Å²) < 4.78 is 8.88. The fourth-order valence-corrected chi connectivity index (χ4v) is 2.66. The number of anilines is 2. The van der Waals surface area contributed by atoms with Crippen LogP contribution in [0.5, 0.6) is 5.75 Å². The van der Waals surface area contributed by atoms with Crippen LogP contribution < -0.4 is 10.1 Å². The van der Waals surface area contributed by atoms with Crippen LogP contribution in [0.1, 0.15) is 0 Å². The van der Waals surface area contributed by atoms with Crippen molar-refractivity contribution in [2.45, 2.75) is 0 Å². The second-order valence-corrected chi connectivity index (χ2v) is 5.67. The number of nitrogens with one attached hydrogen (secondary N) is 1. The van der Waals surface area contributed by atoms with Crippen molar-refractivity contribution in [1.82, 2.24) is 24.4 Å². The lowest BCUT2D eigenvalue weighted by Gasteiger charge is -2.05. The maximum atomic E-state index is 5.42. The van der Waals surface area contributed by atoms with E-state index in [1.54, 1.807) is 15.4 Å². The summed E-state index contributed by atoms with van der Waals surface area (Å²) in [7, 11) is 1.86. The van der Waals surface area contributed by atoms with E-state index in [1.165, 1.54) is 0 Å². The number of rotatable bonds is 5. The van der Waals surface area contributed by atoms with Gasteiger partial charge in [0.1, 0.15) is 12.4 Å². The highest BCUT2D eigenvalue weighted by Gasteiger charge is 2.10. The first-order chi connectivity index (χ1) is 12.7. The van der Waals surface area contributed by atoms with Gasteiger partial charge in [-0.2, -0.15) is 10.1 Å². The summed E-state index contributed by atoms with van der Waals surface area (Å²) in [4.78, 5) is 4.61. The van der Waals surface area contributed by atoms with Crippen LogP contribution in [0.15, 0.2) is 55.0 Å². The number of aryl methyl sites for hydroxylation is 1. The van der Waals surface area contributed by atoms with Crippen molar-refractivity contribution in [2.24, 2.45) is 7.05 Å². The fraction of sp³-hybridized carbons (Fsp3) is 0.105. The minimum Gasteiger partial charge on any atom is -0.481 e. The third-order valence-corrected chi connectivity index (χ3v) is 3.81. The Morgan fingerprint density at radius 2 is 2.08 bits per heavy atom. The summed E-state index contributed by atoms with van der Waals surface area (Å²) in [6.07, 6.45) is 10.7. The molecule has 0 fully saturated rings. The Morgan fingerprint density at radius 1 is 1.23 bits per heavy atom. The van der Waals surface area contributed by atoms with E-state index in [1.807, 2.05) is 55.8 Å². The molecular weight excluding hydrogens is 328 g/mol. The van der Waals surface area contributed by atoms with Gasteiger partial charge in [0, 0.05) is 25.0 Å². The van der Waals surface area contributed by atoms with Crippen LogP contribution in [0.4, 0.5) is 11.6 Å². The summed E-state index contributed by atoms with van der Waals surface area (Å²) >= 11 is 0. The standard InChI is InChI=1S/C19H16N6O/c1-3-11-26-16-8-6-14(7-9-16)17-5-4-10-25-18(17)22-19(23-25)21-15-12-20-24(2)13-15/h1,4-10,12-13H,11H2,2H3,(H,21,23). The molecule has 128 valence electrons. The third kappa shape index (κ3) is 3.08. The molecule has 26 heavy (non-hydrogen) atoms. The van der Waals surface area contributed by atoms with E-state index >= 15 is 0 Å². The molecule has 4 aromatic rings. The Labute approximate surface area is 150 Å². The van der Waals surface area contributed by atoms with Crippen molar-refractivity contribution >= 4 is 17.3 Å². The first-order valence-corrected chi connectivity index (χ1v) is 8.01. The summed E-state index contributed by atoms with van der Waals surface area (Å²) in [5.74, 6) is 3.70. The van der Waals surface area contributed by atoms with E-state index in [2.05, 4.69) is 26.4 Å². The first kappa shape index (κ1) is 15.7. The van der Waals surface area contributed by atoms with Gasteiger partial charge in [-0.05, 0) is 29.8 Å².